The fourth-order valence-corrected chi connectivity index (χ4v) is 4.44. The van der Waals surface area contributed by atoms with Crippen LogP contribution in [0.1, 0.15) is 52.5 Å². The third-order valence-electron chi connectivity index (χ3n) is 6.32. The highest BCUT2D eigenvalue weighted by molar-refractivity contribution is 5.92. The lowest BCUT2D eigenvalue weighted by atomic mass is 9.75. The molecule has 3 rings (SSSR count). The second kappa shape index (κ2) is 8.02. The molecule has 146 valence electrons. The molecule has 1 aliphatic carbocycles. The van der Waals surface area contributed by atoms with Crippen LogP contribution in [0.15, 0.2) is 42.5 Å². The van der Waals surface area contributed by atoms with Gasteiger partial charge in [0.15, 0.2) is 5.60 Å². The van der Waals surface area contributed by atoms with E-state index in [9.17, 15) is 4.79 Å². The Morgan fingerprint density at radius 1 is 1.11 bits per heavy atom. The molecule has 3 nitrogen and oxygen atoms in total. The van der Waals surface area contributed by atoms with E-state index >= 15 is 0 Å². The third kappa shape index (κ3) is 3.89. The predicted molar refractivity (Wildman–Crippen MR) is 110 cm³/mol. The lowest BCUT2D eigenvalue weighted by Gasteiger charge is -2.38. The average Bonchev–Trinajstić information content (AvgIpc) is 2.66. The van der Waals surface area contributed by atoms with Gasteiger partial charge in [0, 0.05) is 12.7 Å². The van der Waals surface area contributed by atoms with Crippen molar-refractivity contribution in [2.75, 3.05) is 7.11 Å². The van der Waals surface area contributed by atoms with Crippen LogP contribution >= 0.6 is 0 Å². The van der Waals surface area contributed by atoms with Gasteiger partial charge < -0.3 is 9.47 Å². The van der Waals surface area contributed by atoms with Crippen molar-refractivity contribution in [1.82, 2.24) is 0 Å². The van der Waals surface area contributed by atoms with E-state index in [0.29, 0.717) is 17.8 Å². The van der Waals surface area contributed by atoms with Crippen LogP contribution in [0, 0.1) is 17.8 Å². The Kier molecular flexibility index (Phi) is 5.90. The second-order valence-corrected chi connectivity index (χ2v) is 8.53. The summed E-state index contributed by atoms with van der Waals surface area (Å²) in [5, 5.41) is 2.12. The van der Waals surface area contributed by atoms with Crippen LogP contribution in [-0.2, 0) is 19.9 Å². The highest BCUT2D eigenvalue weighted by Crippen LogP contribution is 2.38. The van der Waals surface area contributed by atoms with E-state index in [1.54, 1.807) is 7.11 Å². The maximum atomic E-state index is 13.3. The van der Waals surface area contributed by atoms with E-state index in [0.717, 1.165) is 29.2 Å². The molecule has 2 aromatic rings. The molecule has 0 spiro atoms. The smallest absolute Gasteiger partial charge is 0.343 e. The summed E-state index contributed by atoms with van der Waals surface area (Å²) in [5.41, 5.74) is -0.263. The van der Waals surface area contributed by atoms with Crippen molar-refractivity contribution in [3.05, 3.63) is 48.0 Å². The van der Waals surface area contributed by atoms with Crippen molar-refractivity contribution in [3.8, 4) is 0 Å². The molecular weight excluding hydrogens is 336 g/mol. The molecule has 0 amide bonds. The van der Waals surface area contributed by atoms with Gasteiger partial charge in [-0.15, -0.1) is 0 Å². The maximum Gasteiger partial charge on any atom is 0.343 e. The van der Waals surface area contributed by atoms with Gasteiger partial charge in [0.05, 0.1) is 0 Å². The Labute approximate surface area is 163 Å². The molecule has 3 heteroatoms. The number of esters is 1. The minimum absolute atomic E-state index is 0.0364. The third-order valence-corrected chi connectivity index (χ3v) is 6.32. The molecule has 0 bridgehead atoms. The fraction of sp³-hybridized carbons (Fsp3) is 0.542. The van der Waals surface area contributed by atoms with E-state index in [-0.39, 0.29) is 12.1 Å². The fourth-order valence-electron chi connectivity index (χ4n) is 4.44. The van der Waals surface area contributed by atoms with Gasteiger partial charge in [0.25, 0.3) is 0 Å². The monoisotopic (exact) mass is 368 g/mol. The Balaban J connectivity index is 1.92. The molecule has 1 unspecified atom stereocenters. The second-order valence-electron chi connectivity index (χ2n) is 8.53. The van der Waals surface area contributed by atoms with Gasteiger partial charge in [-0.3, -0.25) is 0 Å². The quantitative estimate of drug-likeness (QED) is 0.635. The average molecular weight is 369 g/mol. The normalized spacial score (nSPS) is 25.3. The molecule has 0 radical (unpaired) electrons. The van der Waals surface area contributed by atoms with Gasteiger partial charge in [0.2, 0.25) is 0 Å². The summed E-state index contributed by atoms with van der Waals surface area (Å²) in [6.45, 7) is 8.52. The van der Waals surface area contributed by atoms with Crippen molar-refractivity contribution < 1.29 is 14.3 Å². The van der Waals surface area contributed by atoms with Crippen molar-refractivity contribution in [1.29, 1.82) is 0 Å². The van der Waals surface area contributed by atoms with Crippen LogP contribution < -0.4 is 0 Å². The highest BCUT2D eigenvalue weighted by Gasteiger charge is 2.42. The predicted octanol–water partition coefficient (Wildman–Crippen LogP) is 5.71. The minimum atomic E-state index is -1.12. The molecule has 4 atom stereocenters. The van der Waals surface area contributed by atoms with E-state index in [1.165, 1.54) is 6.42 Å². The van der Waals surface area contributed by atoms with E-state index in [2.05, 4.69) is 32.9 Å². The van der Waals surface area contributed by atoms with Gasteiger partial charge in [-0.2, -0.15) is 0 Å². The number of carbonyl (C=O) groups excluding carboxylic acids is 1. The number of fused-ring (bicyclic) bond motifs is 1. The molecule has 2 aromatic carbocycles. The van der Waals surface area contributed by atoms with Crippen molar-refractivity contribution in [3.63, 3.8) is 0 Å². The van der Waals surface area contributed by atoms with Crippen LogP contribution in [-0.4, -0.2) is 19.2 Å². The number of rotatable bonds is 5. The molecule has 0 heterocycles. The van der Waals surface area contributed by atoms with Gasteiger partial charge in [0.1, 0.15) is 6.10 Å². The Bertz CT molecular complexity index is 792. The summed E-state index contributed by atoms with van der Waals surface area (Å²) in [5.74, 6) is 1.22. The van der Waals surface area contributed by atoms with Gasteiger partial charge >= 0.3 is 5.97 Å². The zero-order valence-electron chi connectivity index (χ0n) is 17.2. The van der Waals surface area contributed by atoms with E-state index in [1.807, 2.05) is 37.3 Å². The molecular formula is C24H32O3. The Morgan fingerprint density at radius 2 is 1.81 bits per heavy atom. The maximum absolute atomic E-state index is 13.3. The number of carbonyl (C=O) groups is 1. The van der Waals surface area contributed by atoms with Crippen LogP contribution in [0.3, 0.4) is 0 Å². The number of methoxy groups -OCH3 is 1. The first-order valence-electron chi connectivity index (χ1n) is 10.1. The molecule has 0 N–H and O–H groups in total. The van der Waals surface area contributed by atoms with Crippen LogP contribution in [0.4, 0.5) is 0 Å². The van der Waals surface area contributed by atoms with E-state index < -0.39 is 5.60 Å². The molecule has 1 aliphatic rings. The summed E-state index contributed by atoms with van der Waals surface area (Å²) in [6, 6.07) is 14.1. The SMILES string of the molecule is COC(C)(C(=O)O[C@@H]1C[C@H](C)CC[C@H]1C(C)C)c1cccc2ccccc12. The molecule has 1 fully saturated rings. The molecule has 1 saturated carbocycles. The van der Waals surface area contributed by atoms with Crippen molar-refractivity contribution >= 4 is 16.7 Å². The molecule has 0 saturated heterocycles. The number of hydrogen-bond donors (Lipinski definition) is 0. The summed E-state index contributed by atoms with van der Waals surface area (Å²) >= 11 is 0. The van der Waals surface area contributed by atoms with Gasteiger partial charge in [-0.25, -0.2) is 4.79 Å². The summed E-state index contributed by atoms with van der Waals surface area (Å²) in [6.07, 6.45) is 3.23. The van der Waals surface area contributed by atoms with Crippen LogP contribution in [0.2, 0.25) is 0 Å². The van der Waals surface area contributed by atoms with Gasteiger partial charge in [-0.05, 0) is 48.3 Å². The Hall–Kier alpha value is -1.87. The van der Waals surface area contributed by atoms with Gasteiger partial charge in [-0.1, -0.05) is 69.7 Å². The van der Waals surface area contributed by atoms with Crippen LogP contribution in [0.25, 0.3) is 10.8 Å². The summed E-state index contributed by atoms with van der Waals surface area (Å²) in [7, 11) is 1.59. The molecule has 0 aromatic heterocycles. The summed E-state index contributed by atoms with van der Waals surface area (Å²) in [4.78, 5) is 13.3. The standard InChI is InChI=1S/C24H32O3/c1-16(2)19-14-13-17(3)15-22(19)27-23(25)24(4,26-5)21-12-8-10-18-9-6-7-11-20(18)21/h6-12,16-17,19,22H,13-15H2,1-5H3/t17-,19+,22-,24?/m1/s1. The minimum Gasteiger partial charge on any atom is -0.460 e. The summed E-state index contributed by atoms with van der Waals surface area (Å²) < 4.78 is 11.9. The number of hydrogen-bond acceptors (Lipinski definition) is 3. The first-order chi connectivity index (χ1) is 12.9. The lowest BCUT2D eigenvalue weighted by Crippen LogP contribution is -2.43. The lowest BCUT2D eigenvalue weighted by molar-refractivity contribution is -0.180. The highest BCUT2D eigenvalue weighted by atomic mass is 16.6. The number of benzene rings is 2. The van der Waals surface area contributed by atoms with Crippen LogP contribution in [0.5, 0.6) is 0 Å². The first-order valence-corrected chi connectivity index (χ1v) is 10.1. The first kappa shape index (κ1) is 19.9. The Morgan fingerprint density at radius 3 is 2.52 bits per heavy atom. The van der Waals surface area contributed by atoms with Crippen molar-refractivity contribution in [2.45, 2.75) is 58.7 Å². The largest absolute Gasteiger partial charge is 0.460 e. The molecule has 27 heavy (non-hydrogen) atoms. The topological polar surface area (TPSA) is 35.5 Å². The van der Waals surface area contributed by atoms with Crippen molar-refractivity contribution in [2.24, 2.45) is 17.8 Å². The zero-order chi connectivity index (χ0) is 19.6. The number of ether oxygens (including phenoxy) is 2. The molecule has 0 aliphatic heterocycles. The zero-order valence-corrected chi connectivity index (χ0v) is 17.2. The van der Waals surface area contributed by atoms with E-state index in [4.69, 9.17) is 9.47 Å².